The molecule has 0 aliphatic rings. The van der Waals surface area contributed by atoms with E-state index in [0.29, 0.717) is 23.6 Å². The molecular formula is C20H20N2O2. The third kappa shape index (κ3) is 4.72. The van der Waals surface area contributed by atoms with Gasteiger partial charge in [0.25, 0.3) is 5.91 Å². The summed E-state index contributed by atoms with van der Waals surface area (Å²) < 4.78 is 5.66. The Hall–Kier alpha value is -3.06. The molecule has 2 rings (SSSR count). The Labute approximate surface area is 142 Å². The Balaban J connectivity index is 2.21. The highest BCUT2D eigenvalue weighted by atomic mass is 16.5. The van der Waals surface area contributed by atoms with Crippen LogP contribution in [0.2, 0.25) is 0 Å². The van der Waals surface area contributed by atoms with Crippen LogP contribution in [-0.2, 0) is 4.79 Å². The van der Waals surface area contributed by atoms with E-state index in [9.17, 15) is 10.1 Å². The van der Waals surface area contributed by atoms with Gasteiger partial charge in [0.2, 0.25) is 0 Å². The Kier molecular flexibility index (Phi) is 6.16. The van der Waals surface area contributed by atoms with Crippen LogP contribution >= 0.6 is 0 Å². The summed E-state index contributed by atoms with van der Waals surface area (Å²) in [6, 6.07) is 16.7. The molecule has 1 N–H and O–H groups in total. The molecule has 122 valence electrons. The molecule has 4 heteroatoms. The highest BCUT2D eigenvalue weighted by Gasteiger charge is 2.11. The molecule has 4 nitrogen and oxygen atoms in total. The van der Waals surface area contributed by atoms with Crippen LogP contribution in [0.1, 0.15) is 24.5 Å². The summed E-state index contributed by atoms with van der Waals surface area (Å²) in [6.07, 6.45) is 2.44. The average molecular weight is 320 g/mol. The van der Waals surface area contributed by atoms with Gasteiger partial charge in [0.05, 0.1) is 6.61 Å². The molecular weight excluding hydrogens is 300 g/mol. The van der Waals surface area contributed by atoms with E-state index < -0.39 is 5.91 Å². The molecule has 0 saturated heterocycles. The van der Waals surface area contributed by atoms with E-state index in [1.165, 1.54) is 0 Å². The van der Waals surface area contributed by atoms with Gasteiger partial charge in [-0.3, -0.25) is 4.79 Å². The second-order valence-electron chi connectivity index (χ2n) is 5.38. The van der Waals surface area contributed by atoms with E-state index in [1.54, 1.807) is 18.2 Å². The molecule has 0 heterocycles. The third-order valence-corrected chi connectivity index (χ3v) is 3.36. The summed E-state index contributed by atoms with van der Waals surface area (Å²) in [7, 11) is 0. The number of ether oxygens (including phenoxy) is 1. The van der Waals surface area contributed by atoms with Crippen molar-refractivity contribution in [3.8, 4) is 11.8 Å². The van der Waals surface area contributed by atoms with Crippen molar-refractivity contribution < 1.29 is 9.53 Å². The number of hydrogen-bond acceptors (Lipinski definition) is 3. The topological polar surface area (TPSA) is 62.1 Å². The number of benzene rings is 2. The molecule has 0 radical (unpaired) electrons. The number of carbonyl (C=O) groups is 1. The second kappa shape index (κ2) is 8.54. The number of nitriles is 1. The molecule has 2 aromatic carbocycles. The second-order valence-corrected chi connectivity index (χ2v) is 5.38. The first-order valence-corrected chi connectivity index (χ1v) is 7.85. The summed E-state index contributed by atoms with van der Waals surface area (Å²) >= 11 is 0. The van der Waals surface area contributed by atoms with Crippen LogP contribution in [0.4, 0.5) is 5.69 Å². The van der Waals surface area contributed by atoms with Crippen molar-refractivity contribution in [2.24, 2.45) is 0 Å². The van der Waals surface area contributed by atoms with Crippen molar-refractivity contribution >= 4 is 17.7 Å². The molecule has 0 spiro atoms. The first-order valence-electron chi connectivity index (χ1n) is 7.85. The molecule has 0 atom stereocenters. The largest absolute Gasteiger partial charge is 0.493 e. The van der Waals surface area contributed by atoms with Gasteiger partial charge in [-0.2, -0.15) is 5.26 Å². The summed E-state index contributed by atoms with van der Waals surface area (Å²) in [5.74, 6) is 0.224. The summed E-state index contributed by atoms with van der Waals surface area (Å²) in [5.41, 5.74) is 2.50. The predicted molar refractivity (Wildman–Crippen MR) is 95.6 cm³/mol. The predicted octanol–water partition coefficient (Wildman–Crippen LogP) is 4.33. The van der Waals surface area contributed by atoms with Crippen molar-refractivity contribution in [2.75, 3.05) is 11.9 Å². The summed E-state index contributed by atoms with van der Waals surface area (Å²) in [5, 5.41) is 12.1. The number of rotatable bonds is 6. The maximum Gasteiger partial charge on any atom is 0.266 e. The number of hydrogen-bond donors (Lipinski definition) is 1. The number of para-hydroxylation sites is 1. The van der Waals surface area contributed by atoms with Gasteiger partial charge in [0.15, 0.2) is 0 Å². The van der Waals surface area contributed by atoms with E-state index >= 15 is 0 Å². The van der Waals surface area contributed by atoms with Crippen LogP contribution in [-0.4, -0.2) is 12.5 Å². The molecule has 24 heavy (non-hydrogen) atoms. The molecule has 0 bridgehead atoms. The van der Waals surface area contributed by atoms with Crippen LogP contribution in [0, 0.1) is 18.3 Å². The van der Waals surface area contributed by atoms with Gasteiger partial charge >= 0.3 is 0 Å². The normalized spacial score (nSPS) is 10.8. The van der Waals surface area contributed by atoms with Gasteiger partial charge in [-0.15, -0.1) is 0 Å². The summed E-state index contributed by atoms with van der Waals surface area (Å²) in [6.45, 7) is 4.58. The molecule has 0 fully saturated rings. The molecule has 0 aromatic heterocycles. The first-order chi connectivity index (χ1) is 11.6. The van der Waals surface area contributed by atoms with Crippen molar-refractivity contribution in [2.45, 2.75) is 20.3 Å². The van der Waals surface area contributed by atoms with E-state index in [1.807, 2.05) is 56.3 Å². The smallest absolute Gasteiger partial charge is 0.266 e. The van der Waals surface area contributed by atoms with Crippen LogP contribution in [0.5, 0.6) is 5.75 Å². The monoisotopic (exact) mass is 320 g/mol. The zero-order valence-electron chi connectivity index (χ0n) is 13.9. The number of amides is 1. The van der Waals surface area contributed by atoms with E-state index in [0.717, 1.165) is 12.0 Å². The molecule has 1 amide bonds. The fraction of sp³-hybridized carbons (Fsp3) is 0.200. The number of nitrogens with zero attached hydrogens (tertiary/aromatic N) is 1. The van der Waals surface area contributed by atoms with Crippen LogP contribution in [0.15, 0.2) is 54.1 Å². The van der Waals surface area contributed by atoms with Gasteiger partial charge in [0, 0.05) is 11.3 Å². The third-order valence-electron chi connectivity index (χ3n) is 3.36. The quantitative estimate of drug-likeness (QED) is 0.636. The van der Waals surface area contributed by atoms with Gasteiger partial charge in [0.1, 0.15) is 17.4 Å². The van der Waals surface area contributed by atoms with Crippen molar-refractivity contribution in [1.82, 2.24) is 0 Å². The zero-order valence-corrected chi connectivity index (χ0v) is 13.9. The van der Waals surface area contributed by atoms with Crippen molar-refractivity contribution in [1.29, 1.82) is 5.26 Å². The Morgan fingerprint density at radius 2 is 1.92 bits per heavy atom. The minimum Gasteiger partial charge on any atom is -0.493 e. The maximum atomic E-state index is 12.3. The van der Waals surface area contributed by atoms with Crippen LogP contribution < -0.4 is 10.1 Å². The van der Waals surface area contributed by atoms with E-state index in [4.69, 9.17) is 4.74 Å². The Morgan fingerprint density at radius 3 is 2.58 bits per heavy atom. The SMILES string of the molecule is CCCOc1ccccc1/C=C(\C#N)C(=O)Nc1ccc(C)cc1. The van der Waals surface area contributed by atoms with Crippen molar-refractivity contribution in [3.63, 3.8) is 0 Å². The molecule has 0 aliphatic heterocycles. The lowest BCUT2D eigenvalue weighted by molar-refractivity contribution is -0.112. The highest BCUT2D eigenvalue weighted by Crippen LogP contribution is 2.21. The maximum absolute atomic E-state index is 12.3. The van der Waals surface area contributed by atoms with Crippen LogP contribution in [0.3, 0.4) is 0 Å². The molecule has 2 aromatic rings. The number of aryl methyl sites for hydroxylation is 1. The van der Waals surface area contributed by atoms with Crippen molar-refractivity contribution in [3.05, 3.63) is 65.2 Å². The Morgan fingerprint density at radius 1 is 1.21 bits per heavy atom. The standard InChI is InChI=1S/C20H20N2O2/c1-3-12-24-19-7-5-4-6-16(19)13-17(14-21)20(23)22-18-10-8-15(2)9-11-18/h4-11,13H,3,12H2,1-2H3,(H,22,23)/b17-13+. The minimum atomic E-state index is -0.438. The fourth-order valence-corrected chi connectivity index (χ4v) is 2.08. The van der Waals surface area contributed by atoms with Gasteiger partial charge in [-0.1, -0.05) is 42.8 Å². The average Bonchev–Trinajstić information content (AvgIpc) is 2.60. The lowest BCUT2D eigenvalue weighted by Gasteiger charge is -2.09. The zero-order chi connectivity index (χ0) is 17.4. The number of nitrogens with one attached hydrogen (secondary N) is 1. The lowest BCUT2D eigenvalue weighted by atomic mass is 10.1. The highest BCUT2D eigenvalue weighted by molar-refractivity contribution is 6.09. The van der Waals surface area contributed by atoms with Gasteiger partial charge in [-0.05, 0) is 37.6 Å². The van der Waals surface area contributed by atoms with Crippen LogP contribution in [0.25, 0.3) is 6.08 Å². The summed E-state index contributed by atoms with van der Waals surface area (Å²) in [4.78, 5) is 12.3. The lowest BCUT2D eigenvalue weighted by Crippen LogP contribution is -2.13. The fourth-order valence-electron chi connectivity index (χ4n) is 2.08. The molecule has 0 unspecified atom stereocenters. The number of anilines is 1. The van der Waals surface area contributed by atoms with E-state index in [-0.39, 0.29) is 5.57 Å². The van der Waals surface area contributed by atoms with Gasteiger partial charge < -0.3 is 10.1 Å². The van der Waals surface area contributed by atoms with E-state index in [2.05, 4.69) is 5.32 Å². The number of carbonyl (C=O) groups excluding carboxylic acids is 1. The van der Waals surface area contributed by atoms with Gasteiger partial charge in [-0.25, -0.2) is 0 Å². The molecule has 0 aliphatic carbocycles. The first kappa shape index (κ1) is 17.3. The molecule has 0 saturated carbocycles. The Bertz CT molecular complexity index is 771. The minimum absolute atomic E-state index is 0.0307.